The number of carbonyl (C=O) groups is 4. The van der Waals surface area contributed by atoms with E-state index in [1.807, 2.05) is 30.3 Å². The molecule has 56 heavy (non-hydrogen) atoms. The van der Waals surface area contributed by atoms with Gasteiger partial charge in [0.2, 0.25) is 27.7 Å². The zero-order chi connectivity index (χ0) is 41.4. The number of nitrogens with zero attached hydrogens (tertiary/aromatic N) is 3. The van der Waals surface area contributed by atoms with E-state index in [4.69, 9.17) is 24.2 Å². The fraction of sp³-hybridized carbons (Fsp3) is 0.500. The number of amides is 4. The van der Waals surface area contributed by atoms with E-state index in [1.165, 1.54) is 31.9 Å². The van der Waals surface area contributed by atoms with Gasteiger partial charge in [-0.15, -0.1) is 6.58 Å². The smallest absolute Gasteiger partial charge is 0.408 e. The van der Waals surface area contributed by atoms with Crippen LogP contribution in [0, 0.1) is 11.3 Å². The molecule has 5 rings (SSSR count). The zero-order valence-electron chi connectivity index (χ0n) is 33.3. The predicted octanol–water partition coefficient (Wildman–Crippen LogP) is 4.51. The molecule has 1 saturated heterocycles. The maximum Gasteiger partial charge on any atom is 0.408 e. The highest BCUT2D eigenvalue weighted by Crippen LogP contribution is 2.45. The molecule has 1 aliphatic heterocycles. The van der Waals surface area contributed by atoms with Gasteiger partial charge < -0.3 is 29.7 Å². The summed E-state index contributed by atoms with van der Waals surface area (Å²) in [4.78, 5) is 66.5. The second-order valence-electron chi connectivity index (χ2n) is 16.6. The maximum atomic E-state index is 14.6. The van der Waals surface area contributed by atoms with E-state index in [0.29, 0.717) is 22.5 Å². The monoisotopic (exact) mass is 792 g/mol. The predicted molar refractivity (Wildman–Crippen MR) is 210 cm³/mol. The Hall–Kier alpha value is -5.25. The van der Waals surface area contributed by atoms with Crippen LogP contribution in [-0.2, 0) is 29.1 Å². The molecule has 5 atom stereocenters. The molecule has 0 spiro atoms. The number of alkyl carbamates (subject to hydrolysis) is 1. The maximum absolute atomic E-state index is 14.6. The molecule has 2 aliphatic rings. The van der Waals surface area contributed by atoms with Crippen molar-refractivity contribution in [1.29, 1.82) is 0 Å². The lowest BCUT2D eigenvalue weighted by Gasteiger charge is -2.36. The highest BCUT2D eigenvalue weighted by atomic mass is 32.2. The van der Waals surface area contributed by atoms with Crippen molar-refractivity contribution in [2.24, 2.45) is 11.3 Å². The van der Waals surface area contributed by atoms with Gasteiger partial charge in [-0.2, -0.15) is 4.98 Å². The second kappa shape index (κ2) is 15.7. The average molecular weight is 793 g/mol. The van der Waals surface area contributed by atoms with E-state index in [2.05, 4.69) is 21.9 Å². The van der Waals surface area contributed by atoms with Gasteiger partial charge in [0.05, 0.1) is 29.8 Å². The Morgan fingerprint density at radius 1 is 1.02 bits per heavy atom. The van der Waals surface area contributed by atoms with Crippen LogP contribution in [0.25, 0.3) is 22.3 Å². The summed E-state index contributed by atoms with van der Waals surface area (Å²) in [5.41, 5.74) is -2.01. The van der Waals surface area contributed by atoms with Crippen molar-refractivity contribution < 1.29 is 41.8 Å². The molecule has 1 aliphatic carbocycles. The van der Waals surface area contributed by atoms with Gasteiger partial charge in [-0.1, -0.05) is 57.2 Å². The number of aromatic nitrogens is 2. The van der Waals surface area contributed by atoms with Gasteiger partial charge >= 0.3 is 6.09 Å². The van der Waals surface area contributed by atoms with Crippen molar-refractivity contribution in [2.75, 3.05) is 13.7 Å². The van der Waals surface area contributed by atoms with Gasteiger partial charge in [0.15, 0.2) is 5.82 Å². The van der Waals surface area contributed by atoms with Gasteiger partial charge in [0, 0.05) is 17.9 Å². The third kappa shape index (κ3) is 9.23. The first kappa shape index (κ1) is 41.9. The summed E-state index contributed by atoms with van der Waals surface area (Å²) in [5, 5.41) is 5.10. The Balaban J connectivity index is 1.53. The van der Waals surface area contributed by atoms with Crippen molar-refractivity contribution in [1.82, 2.24) is 30.2 Å². The molecule has 2 aromatic carbocycles. The molecule has 3 N–H and O–H groups in total. The SMILES string of the molecule is C=CC1CC1(NC(=O)C1C[C@@H](Oc2nc(-c3ccccc3)nc3ccc(OC)cc23)CN1C(=O)C(NC(=O)OC(C)(C)C)C(C)(C)C)C(=O)NS(=O)(=O)C(C)C. The molecule has 2 heterocycles. The normalized spacial score (nSPS) is 21.5. The van der Waals surface area contributed by atoms with Crippen molar-refractivity contribution in [2.45, 2.75) is 103 Å². The number of methoxy groups -OCH3 is 1. The van der Waals surface area contributed by atoms with E-state index in [1.54, 1.807) is 59.7 Å². The average Bonchev–Trinajstić information content (AvgIpc) is 3.67. The standard InChI is InChI=1S/C40H52N6O9S/c1-11-25-21-40(25,36(49)45-56(51,52)23(2)3)44-33(47)30-20-27(22-46(30)35(48)31(38(4,5)6)42-37(50)55-39(7,8)9)54-34-28-19-26(53-10)17-18-29(28)41-32(43-34)24-15-13-12-14-16-24/h11-19,23,25,27,30-31H,1,20-22H2,2-10H3,(H,42,50)(H,44,47)(H,45,49)/t25?,27-,30?,31?,40?/m1/s1. The summed E-state index contributed by atoms with van der Waals surface area (Å²) in [7, 11) is -2.51. The lowest BCUT2D eigenvalue weighted by atomic mass is 9.85. The number of ether oxygens (including phenoxy) is 3. The number of fused-ring (bicyclic) bond motifs is 1. The quantitative estimate of drug-likeness (QED) is 0.219. The number of hydrogen-bond donors (Lipinski definition) is 3. The highest BCUT2D eigenvalue weighted by molar-refractivity contribution is 7.90. The molecule has 4 unspecified atom stereocenters. The van der Waals surface area contributed by atoms with Crippen LogP contribution in [0.4, 0.5) is 4.79 Å². The molecule has 4 amide bonds. The minimum atomic E-state index is -4.04. The number of rotatable bonds is 12. The van der Waals surface area contributed by atoms with Gasteiger partial charge in [0.25, 0.3) is 5.91 Å². The molecule has 16 heteroatoms. The van der Waals surface area contributed by atoms with Crippen LogP contribution in [0.2, 0.25) is 0 Å². The number of carbonyl (C=O) groups excluding carboxylic acids is 4. The van der Waals surface area contributed by atoms with Crippen LogP contribution in [0.1, 0.15) is 68.2 Å². The summed E-state index contributed by atoms with van der Waals surface area (Å²) in [6.07, 6.45) is -0.0976. The lowest BCUT2D eigenvalue weighted by molar-refractivity contribution is -0.143. The van der Waals surface area contributed by atoms with E-state index in [0.717, 1.165) is 5.56 Å². The molecule has 1 saturated carbocycles. The molecule has 0 bridgehead atoms. The number of benzene rings is 2. The first-order chi connectivity index (χ1) is 26.1. The Kier molecular flexibility index (Phi) is 11.8. The molecule has 0 radical (unpaired) electrons. The molecular weight excluding hydrogens is 741 g/mol. The zero-order valence-corrected chi connectivity index (χ0v) is 34.2. The molecule has 2 fully saturated rings. The first-order valence-corrected chi connectivity index (χ1v) is 20.0. The summed E-state index contributed by atoms with van der Waals surface area (Å²) >= 11 is 0. The van der Waals surface area contributed by atoms with Crippen molar-refractivity contribution in [3.05, 3.63) is 61.2 Å². The topological polar surface area (TPSA) is 195 Å². The van der Waals surface area contributed by atoms with Crippen LogP contribution in [0.3, 0.4) is 0 Å². The van der Waals surface area contributed by atoms with Crippen molar-refractivity contribution in [3.63, 3.8) is 0 Å². The summed E-state index contributed by atoms with van der Waals surface area (Å²) in [5.74, 6) is -1.66. The van der Waals surface area contributed by atoms with Crippen molar-refractivity contribution >= 4 is 44.7 Å². The number of hydrogen-bond acceptors (Lipinski definition) is 11. The van der Waals surface area contributed by atoms with Gasteiger partial charge in [-0.05, 0) is 64.7 Å². The molecule has 302 valence electrons. The number of likely N-dealkylation sites (tertiary alicyclic amines) is 1. The fourth-order valence-electron chi connectivity index (χ4n) is 6.46. The largest absolute Gasteiger partial charge is 0.497 e. The number of nitrogens with one attached hydrogen (secondary N) is 3. The van der Waals surface area contributed by atoms with Crippen LogP contribution in [0.5, 0.6) is 11.6 Å². The van der Waals surface area contributed by atoms with Gasteiger partial charge in [-0.3, -0.25) is 19.1 Å². The van der Waals surface area contributed by atoms with Crippen LogP contribution in [0.15, 0.2) is 61.2 Å². The van der Waals surface area contributed by atoms with Gasteiger partial charge in [-0.25, -0.2) is 18.2 Å². The van der Waals surface area contributed by atoms with Crippen LogP contribution in [-0.4, -0.2) is 95.3 Å². The minimum Gasteiger partial charge on any atom is -0.497 e. The first-order valence-electron chi connectivity index (χ1n) is 18.5. The van der Waals surface area contributed by atoms with Crippen LogP contribution >= 0.6 is 0 Å². The summed E-state index contributed by atoms with van der Waals surface area (Å²) < 4.78 is 45.0. The Bertz CT molecular complexity index is 2110. The Labute approximate surface area is 328 Å². The van der Waals surface area contributed by atoms with E-state index >= 15 is 0 Å². The highest BCUT2D eigenvalue weighted by Gasteiger charge is 2.61. The van der Waals surface area contributed by atoms with E-state index in [9.17, 15) is 27.6 Å². The fourth-order valence-corrected chi connectivity index (χ4v) is 7.14. The Morgan fingerprint density at radius 3 is 2.27 bits per heavy atom. The summed E-state index contributed by atoms with van der Waals surface area (Å²) in [6, 6.07) is 12.2. The van der Waals surface area contributed by atoms with Crippen molar-refractivity contribution in [3.8, 4) is 23.0 Å². The molecular formula is C40H52N6O9S. The molecule has 3 aromatic rings. The number of sulfonamides is 1. The lowest BCUT2D eigenvalue weighted by Crippen LogP contribution is -2.60. The minimum absolute atomic E-state index is 0.0439. The second-order valence-corrected chi connectivity index (χ2v) is 18.8. The van der Waals surface area contributed by atoms with E-state index in [-0.39, 0.29) is 25.3 Å². The third-order valence-corrected chi connectivity index (χ3v) is 11.4. The van der Waals surface area contributed by atoms with Crippen LogP contribution < -0.4 is 24.8 Å². The van der Waals surface area contributed by atoms with Gasteiger partial charge in [0.1, 0.15) is 35.1 Å². The Morgan fingerprint density at radius 2 is 1.70 bits per heavy atom. The molecule has 1 aromatic heterocycles. The summed E-state index contributed by atoms with van der Waals surface area (Å²) in [6.45, 7) is 16.9. The third-order valence-electron chi connectivity index (χ3n) is 9.71. The molecule has 15 nitrogen and oxygen atoms in total. The van der Waals surface area contributed by atoms with E-state index < -0.39 is 79.7 Å².